The lowest BCUT2D eigenvalue weighted by Crippen LogP contribution is -2.41. The molecule has 0 bridgehead atoms. The van der Waals surface area contributed by atoms with E-state index in [0.717, 1.165) is 51.0 Å². The number of carbonyl (C=O) groups is 1. The van der Waals surface area contributed by atoms with Crippen molar-refractivity contribution in [2.75, 3.05) is 37.6 Å². The SMILES string of the molecule is CC(=O)NCC1CCCN(c2ccc(S(=O)(=O)N3CCCCC3)cn2)C1. The van der Waals surface area contributed by atoms with Gasteiger partial charge >= 0.3 is 0 Å². The van der Waals surface area contributed by atoms with Crippen LogP contribution in [0.5, 0.6) is 0 Å². The van der Waals surface area contributed by atoms with Crippen LogP contribution in [0.2, 0.25) is 0 Å². The van der Waals surface area contributed by atoms with Crippen molar-refractivity contribution < 1.29 is 13.2 Å². The Hall–Kier alpha value is -1.67. The number of nitrogens with one attached hydrogen (secondary N) is 1. The van der Waals surface area contributed by atoms with Crippen molar-refractivity contribution in [2.24, 2.45) is 5.92 Å². The molecule has 7 nitrogen and oxygen atoms in total. The van der Waals surface area contributed by atoms with E-state index in [1.807, 2.05) is 0 Å². The molecule has 0 radical (unpaired) electrons. The molecule has 2 aliphatic heterocycles. The summed E-state index contributed by atoms with van der Waals surface area (Å²) >= 11 is 0. The minimum absolute atomic E-state index is 0.00693. The number of hydrogen-bond donors (Lipinski definition) is 1. The highest BCUT2D eigenvalue weighted by atomic mass is 32.2. The number of sulfonamides is 1. The van der Waals surface area contributed by atoms with Crippen LogP contribution in [-0.2, 0) is 14.8 Å². The van der Waals surface area contributed by atoms with E-state index in [9.17, 15) is 13.2 Å². The molecular weight excluding hydrogens is 352 g/mol. The highest BCUT2D eigenvalue weighted by molar-refractivity contribution is 7.89. The predicted molar refractivity (Wildman–Crippen MR) is 100 cm³/mol. The van der Waals surface area contributed by atoms with Crippen molar-refractivity contribution in [3.63, 3.8) is 0 Å². The third-order valence-corrected chi connectivity index (χ3v) is 7.04. The van der Waals surface area contributed by atoms with Crippen molar-refractivity contribution in [1.29, 1.82) is 0 Å². The Bertz CT molecular complexity index is 714. The second kappa shape index (κ2) is 8.35. The van der Waals surface area contributed by atoms with Crippen molar-refractivity contribution >= 4 is 21.7 Å². The van der Waals surface area contributed by atoms with Crippen molar-refractivity contribution in [3.8, 4) is 0 Å². The van der Waals surface area contributed by atoms with Gasteiger partial charge in [0.2, 0.25) is 15.9 Å². The molecule has 2 fully saturated rings. The van der Waals surface area contributed by atoms with Gasteiger partial charge in [-0.15, -0.1) is 0 Å². The summed E-state index contributed by atoms with van der Waals surface area (Å²) in [6.45, 7) is 5.13. The lowest BCUT2D eigenvalue weighted by molar-refractivity contribution is -0.119. The first kappa shape index (κ1) is 19.1. The molecule has 0 aromatic carbocycles. The van der Waals surface area contributed by atoms with Crippen LogP contribution in [0.4, 0.5) is 5.82 Å². The molecule has 0 aliphatic carbocycles. The van der Waals surface area contributed by atoms with Crippen LogP contribution < -0.4 is 10.2 Å². The molecule has 1 amide bonds. The summed E-state index contributed by atoms with van der Waals surface area (Å²) in [4.78, 5) is 18.0. The number of aromatic nitrogens is 1. The van der Waals surface area contributed by atoms with Crippen LogP contribution in [0, 0.1) is 5.92 Å². The molecule has 26 heavy (non-hydrogen) atoms. The second-order valence-corrected chi connectivity index (χ2v) is 9.15. The zero-order chi connectivity index (χ0) is 18.6. The fourth-order valence-electron chi connectivity index (χ4n) is 3.69. The smallest absolute Gasteiger partial charge is 0.244 e. The molecule has 8 heteroatoms. The van der Waals surface area contributed by atoms with Crippen LogP contribution in [0.3, 0.4) is 0 Å². The average molecular weight is 381 g/mol. The van der Waals surface area contributed by atoms with E-state index in [1.165, 1.54) is 13.1 Å². The molecule has 3 rings (SSSR count). The van der Waals surface area contributed by atoms with E-state index >= 15 is 0 Å². The van der Waals surface area contributed by atoms with Crippen LogP contribution in [0.1, 0.15) is 39.0 Å². The second-order valence-electron chi connectivity index (χ2n) is 7.21. The topological polar surface area (TPSA) is 82.6 Å². The number of rotatable bonds is 5. The normalized spacial score (nSPS) is 22.2. The Labute approximate surface area is 155 Å². The van der Waals surface area contributed by atoms with Gasteiger partial charge in [0, 0.05) is 45.8 Å². The van der Waals surface area contributed by atoms with Crippen molar-refractivity contribution in [3.05, 3.63) is 18.3 Å². The van der Waals surface area contributed by atoms with Crippen molar-refractivity contribution in [2.45, 2.75) is 43.9 Å². The van der Waals surface area contributed by atoms with Gasteiger partial charge < -0.3 is 10.2 Å². The fraction of sp³-hybridized carbons (Fsp3) is 0.667. The Kier molecular flexibility index (Phi) is 6.13. The molecular formula is C18H28N4O3S. The van der Waals surface area contributed by atoms with Gasteiger partial charge in [-0.25, -0.2) is 13.4 Å². The molecule has 1 atom stereocenters. The molecule has 3 heterocycles. The third-order valence-electron chi connectivity index (χ3n) is 5.16. The molecule has 144 valence electrons. The summed E-state index contributed by atoms with van der Waals surface area (Å²) in [6, 6.07) is 3.47. The number of piperidine rings is 2. The van der Waals surface area contributed by atoms with Gasteiger partial charge in [0.05, 0.1) is 0 Å². The van der Waals surface area contributed by atoms with Gasteiger partial charge in [-0.2, -0.15) is 4.31 Å². The van der Waals surface area contributed by atoms with E-state index in [-0.39, 0.29) is 10.8 Å². The first-order valence-electron chi connectivity index (χ1n) is 9.42. The predicted octanol–water partition coefficient (Wildman–Crippen LogP) is 1.61. The number of hydrogen-bond acceptors (Lipinski definition) is 5. The van der Waals surface area contributed by atoms with Gasteiger partial charge in [0.1, 0.15) is 10.7 Å². The van der Waals surface area contributed by atoms with E-state index in [2.05, 4.69) is 15.2 Å². The lowest BCUT2D eigenvalue weighted by atomic mass is 9.98. The fourth-order valence-corrected chi connectivity index (χ4v) is 5.16. The van der Waals surface area contributed by atoms with Crippen LogP contribution in [0.25, 0.3) is 0 Å². The minimum Gasteiger partial charge on any atom is -0.356 e. The largest absolute Gasteiger partial charge is 0.356 e. The van der Waals surface area contributed by atoms with Gasteiger partial charge in [-0.1, -0.05) is 6.42 Å². The summed E-state index contributed by atoms with van der Waals surface area (Å²) in [5, 5.41) is 2.88. The quantitative estimate of drug-likeness (QED) is 0.839. The summed E-state index contributed by atoms with van der Waals surface area (Å²) in [7, 11) is -3.43. The lowest BCUT2D eigenvalue weighted by Gasteiger charge is -2.33. The highest BCUT2D eigenvalue weighted by Crippen LogP contribution is 2.24. The number of nitrogens with zero attached hydrogens (tertiary/aromatic N) is 3. The summed E-state index contributed by atoms with van der Waals surface area (Å²) < 4.78 is 27.0. The van der Waals surface area contributed by atoms with E-state index in [4.69, 9.17) is 0 Å². The zero-order valence-corrected chi connectivity index (χ0v) is 16.2. The maximum absolute atomic E-state index is 12.7. The van der Waals surface area contributed by atoms with Crippen molar-refractivity contribution in [1.82, 2.24) is 14.6 Å². The number of anilines is 1. The van der Waals surface area contributed by atoms with Gasteiger partial charge in [0.15, 0.2) is 0 Å². The summed E-state index contributed by atoms with van der Waals surface area (Å²) in [5.74, 6) is 1.19. The highest BCUT2D eigenvalue weighted by Gasteiger charge is 2.27. The van der Waals surface area contributed by atoms with E-state index in [1.54, 1.807) is 16.4 Å². The van der Waals surface area contributed by atoms with Crippen LogP contribution >= 0.6 is 0 Å². The number of carbonyl (C=O) groups excluding carboxylic acids is 1. The minimum atomic E-state index is -3.43. The first-order valence-corrected chi connectivity index (χ1v) is 10.9. The average Bonchev–Trinajstić information content (AvgIpc) is 2.67. The maximum atomic E-state index is 12.7. The molecule has 1 N–H and O–H groups in total. The standard InChI is InChI=1S/C18H28N4O3S/c1-15(23)19-12-16-6-5-9-21(14-16)18-8-7-17(13-20-18)26(24,25)22-10-3-2-4-11-22/h7-8,13,16H,2-6,9-12,14H2,1H3,(H,19,23). The van der Waals surface area contributed by atoms with Crippen LogP contribution in [-0.4, -0.2) is 56.3 Å². The van der Waals surface area contributed by atoms with Gasteiger partial charge in [-0.05, 0) is 43.7 Å². The monoisotopic (exact) mass is 380 g/mol. The molecule has 2 saturated heterocycles. The first-order chi connectivity index (χ1) is 12.5. The molecule has 2 aliphatic rings. The molecule has 0 saturated carbocycles. The molecule has 1 unspecified atom stereocenters. The third kappa shape index (κ3) is 4.54. The van der Waals surface area contributed by atoms with Crippen LogP contribution in [0.15, 0.2) is 23.2 Å². The van der Waals surface area contributed by atoms with E-state index in [0.29, 0.717) is 25.6 Å². The van der Waals surface area contributed by atoms with Gasteiger partial charge in [0.25, 0.3) is 0 Å². The van der Waals surface area contributed by atoms with Gasteiger partial charge in [-0.3, -0.25) is 4.79 Å². The molecule has 1 aromatic heterocycles. The van der Waals surface area contributed by atoms with E-state index < -0.39 is 10.0 Å². The number of pyridine rings is 1. The Balaban J connectivity index is 1.66. The Morgan fingerprint density at radius 2 is 1.96 bits per heavy atom. The summed E-state index contributed by atoms with van der Waals surface area (Å²) in [5.41, 5.74) is 0. The molecule has 0 spiro atoms. The zero-order valence-electron chi connectivity index (χ0n) is 15.4. The Morgan fingerprint density at radius 1 is 1.19 bits per heavy atom. The Morgan fingerprint density at radius 3 is 2.62 bits per heavy atom. The number of amides is 1. The molecule has 1 aromatic rings. The summed E-state index contributed by atoms with van der Waals surface area (Å²) in [6.07, 6.45) is 6.55. The maximum Gasteiger partial charge on any atom is 0.244 e.